The first kappa shape index (κ1) is 14.2. The molecule has 1 amide bonds. The molecule has 0 spiro atoms. The summed E-state index contributed by atoms with van der Waals surface area (Å²) in [5.41, 5.74) is 5.05. The summed E-state index contributed by atoms with van der Waals surface area (Å²) >= 11 is 5.81. The molecular formula is C13H8ClF3N2O. The van der Waals surface area contributed by atoms with E-state index in [1.54, 1.807) is 0 Å². The van der Waals surface area contributed by atoms with Crippen molar-refractivity contribution in [1.29, 1.82) is 0 Å². The van der Waals surface area contributed by atoms with Gasteiger partial charge in [0.1, 0.15) is 11.5 Å². The van der Waals surface area contributed by atoms with Crippen LogP contribution in [-0.4, -0.2) is 5.91 Å². The van der Waals surface area contributed by atoms with E-state index >= 15 is 0 Å². The molecule has 0 saturated carbocycles. The van der Waals surface area contributed by atoms with Gasteiger partial charge in [-0.25, -0.2) is 13.2 Å². The summed E-state index contributed by atoms with van der Waals surface area (Å²) in [4.78, 5) is 11.9. The number of nitrogen functional groups attached to an aromatic ring is 1. The molecule has 20 heavy (non-hydrogen) atoms. The highest BCUT2D eigenvalue weighted by molar-refractivity contribution is 6.34. The van der Waals surface area contributed by atoms with E-state index in [2.05, 4.69) is 0 Å². The van der Waals surface area contributed by atoms with Crippen molar-refractivity contribution in [3.63, 3.8) is 0 Å². The molecule has 0 atom stereocenters. The molecule has 0 aromatic heterocycles. The summed E-state index contributed by atoms with van der Waals surface area (Å²) in [7, 11) is 0. The average molecular weight is 301 g/mol. The van der Waals surface area contributed by atoms with Crippen molar-refractivity contribution in [2.75, 3.05) is 11.1 Å². The van der Waals surface area contributed by atoms with Crippen molar-refractivity contribution < 1.29 is 18.0 Å². The van der Waals surface area contributed by atoms with Gasteiger partial charge in [-0.1, -0.05) is 11.6 Å². The summed E-state index contributed by atoms with van der Waals surface area (Å²) in [6, 6.07) is 4.98. The Morgan fingerprint density at radius 3 is 2.25 bits per heavy atom. The zero-order valence-corrected chi connectivity index (χ0v) is 10.6. The summed E-state index contributed by atoms with van der Waals surface area (Å²) < 4.78 is 39.6. The SMILES string of the molecule is Nc1ccc(C(=O)Nc2c(F)cc(F)cc2F)c(Cl)c1. The van der Waals surface area contributed by atoms with Crippen molar-refractivity contribution in [2.24, 2.45) is 0 Å². The zero-order valence-electron chi connectivity index (χ0n) is 9.88. The van der Waals surface area contributed by atoms with Crippen molar-refractivity contribution in [3.8, 4) is 0 Å². The van der Waals surface area contributed by atoms with E-state index in [0.29, 0.717) is 17.8 Å². The minimum atomic E-state index is -1.22. The van der Waals surface area contributed by atoms with Gasteiger partial charge < -0.3 is 11.1 Å². The molecule has 0 saturated heterocycles. The molecule has 0 aliphatic rings. The van der Waals surface area contributed by atoms with Crippen molar-refractivity contribution in [2.45, 2.75) is 0 Å². The van der Waals surface area contributed by atoms with Gasteiger partial charge in [-0.3, -0.25) is 4.79 Å². The van der Waals surface area contributed by atoms with E-state index in [1.807, 2.05) is 5.32 Å². The van der Waals surface area contributed by atoms with Crippen molar-refractivity contribution in [3.05, 3.63) is 58.4 Å². The van der Waals surface area contributed by atoms with Crippen LogP contribution >= 0.6 is 11.6 Å². The summed E-state index contributed by atoms with van der Waals surface area (Å²) in [6.45, 7) is 0. The van der Waals surface area contributed by atoms with Crippen LogP contribution in [0.1, 0.15) is 10.4 Å². The van der Waals surface area contributed by atoms with Gasteiger partial charge in [0.2, 0.25) is 0 Å². The Bertz CT molecular complexity index is 668. The van der Waals surface area contributed by atoms with Crippen LogP contribution in [0.25, 0.3) is 0 Å². The van der Waals surface area contributed by atoms with Crippen LogP contribution in [0.5, 0.6) is 0 Å². The lowest BCUT2D eigenvalue weighted by Crippen LogP contribution is -2.15. The monoisotopic (exact) mass is 300 g/mol. The van der Waals surface area contributed by atoms with Crippen LogP contribution < -0.4 is 11.1 Å². The van der Waals surface area contributed by atoms with E-state index in [1.165, 1.54) is 18.2 Å². The molecule has 2 rings (SSSR count). The first-order chi connectivity index (χ1) is 9.38. The topological polar surface area (TPSA) is 55.1 Å². The summed E-state index contributed by atoms with van der Waals surface area (Å²) in [6.07, 6.45) is 0. The molecule has 3 nitrogen and oxygen atoms in total. The highest BCUT2D eigenvalue weighted by Gasteiger charge is 2.17. The molecule has 104 valence electrons. The Morgan fingerprint density at radius 2 is 1.70 bits per heavy atom. The second-order valence-electron chi connectivity index (χ2n) is 3.94. The number of halogens is 4. The fraction of sp³-hybridized carbons (Fsp3) is 0. The van der Waals surface area contributed by atoms with E-state index in [4.69, 9.17) is 17.3 Å². The Morgan fingerprint density at radius 1 is 1.10 bits per heavy atom. The molecule has 0 aliphatic carbocycles. The standard InChI is InChI=1S/C13H8ClF3N2O/c14-9-5-7(18)1-2-8(9)13(20)19-12-10(16)3-6(15)4-11(12)17/h1-5H,18H2,(H,19,20). The number of nitrogens with one attached hydrogen (secondary N) is 1. The first-order valence-electron chi connectivity index (χ1n) is 5.39. The van der Waals surface area contributed by atoms with Crippen molar-refractivity contribution in [1.82, 2.24) is 0 Å². The minimum Gasteiger partial charge on any atom is -0.399 e. The van der Waals surface area contributed by atoms with E-state index in [9.17, 15) is 18.0 Å². The lowest BCUT2D eigenvalue weighted by molar-refractivity contribution is 0.102. The number of hydrogen-bond donors (Lipinski definition) is 2. The molecule has 0 bridgehead atoms. The van der Waals surface area contributed by atoms with Gasteiger partial charge in [-0.05, 0) is 18.2 Å². The third-order valence-electron chi connectivity index (χ3n) is 2.48. The normalized spacial score (nSPS) is 10.4. The maximum absolute atomic E-state index is 13.4. The lowest BCUT2D eigenvalue weighted by Gasteiger charge is -2.09. The van der Waals surface area contributed by atoms with Crippen LogP contribution in [0, 0.1) is 17.5 Å². The number of rotatable bonds is 2. The maximum Gasteiger partial charge on any atom is 0.257 e. The van der Waals surface area contributed by atoms with Gasteiger partial charge in [-0.15, -0.1) is 0 Å². The van der Waals surface area contributed by atoms with Crippen LogP contribution in [0.4, 0.5) is 24.5 Å². The van der Waals surface area contributed by atoms with E-state index in [0.717, 1.165) is 0 Å². The predicted octanol–water partition coefficient (Wildman–Crippen LogP) is 3.59. The molecule has 7 heteroatoms. The van der Waals surface area contributed by atoms with Crippen molar-refractivity contribution >= 4 is 28.9 Å². The van der Waals surface area contributed by atoms with Crippen LogP contribution in [0.3, 0.4) is 0 Å². The lowest BCUT2D eigenvalue weighted by atomic mass is 10.2. The molecule has 2 aromatic rings. The highest BCUT2D eigenvalue weighted by atomic mass is 35.5. The number of amides is 1. The van der Waals surface area contributed by atoms with Crippen LogP contribution in [0.15, 0.2) is 30.3 Å². The molecule has 0 fully saturated rings. The predicted molar refractivity (Wildman–Crippen MR) is 70.1 cm³/mol. The van der Waals surface area contributed by atoms with Gasteiger partial charge in [0.05, 0.1) is 10.6 Å². The minimum absolute atomic E-state index is 0.0102. The van der Waals surface area contributed by atoms with E-state index < -0.39 is 29.0 Å². The Hall–Kier alpha value is -2.21. The number of carbonyl (C=O) groups excluding carboxylic acids is 1. The Balaban J connectivity index is 2.33. The first-order valence-corrected chi connectivity index (χ1v) is 5.77. The second kappa shape index (κ2) is 5.42. The van der Waals surface area contributed by atoms with Crippen LogP contribution in [0.2, 0.25) is 5.02 Å². The summed E-state index contributed by atoms with van der Waals surface area (Å²) in [5, 5.41) is 2.03. The quantitative estimate of drug-likeness (QED) is 0.833. The number of anilines is 2. The number of nitrogens with two attached hydrogens (primary N) is 1. The third-order valence-corrected chi connectivity index (χ3v) is 2.80. The molecule has 3 N–H and O–H groups in total. The zero-order chi connectivity index (χ0) is 14.9. The third kappa shape index (κ3) is 2.85. The average Bonchev–Trinajstić information content (AvgIpc) is 2.33. The van der Waals surface area contributed by atoms with Gasteiger partial charge in [0.15, 0.2) is 11.6 Å². The number of carbonyl (C=O) groups is 1. The number of hydrogen-bond acceptors (Lipinski definition) is 2. The molecule has 0 radical (unpaired) electrons. The Labute approximate surface area is 117 Å². The summed E-state index contributed by atoms with van der Waals surface area (Å²) in [5.74, 6) is -4.35. The smallest absolute Gasteiger partial charge is 0.257 e. The fourth-order valence-corrected chi connectivity index (χ4v) is 1.83. The van der Waals surface area contributed by atoms with Crippen LogP contribution in [-0.2, 0) is 0 Å². The second-order valence-corrected chi connectivity index (χ2v) is 4.35. The van der Waals surface area contributed by atoms with E-state index in [-0.39, 0.29) is 10.6 Å². The molecule has 0 unspecified atom stereocenters. The maximum atomic E-state index is 13.4. The number of benzene rings is 2. The molecule has 2 aromatic carbocycles. The van der Waals surface area contributed by atoms with Gasteiger partial charge in [0, 0.05) is 17.8 Å². The van der Waals surface area contributed by atoms with Gasteiger partial charge in [0.25, 0.3) is 5.91 Å². The molecule has 0 aliphatic heterocycles. The molecular weight excluding hydrogens is 293 g/mol. The Kier molecular flexibility index (Phi) is 3.85. The van der Waals surface area contributed by atoms with Gasteiger partial charge >= 0.3 is 0 Å². The van der Waals surface area contributed by atoms with Gasteiger partial charge in [-0.2, -0.15) is 0 Å². The molecule has 0 heterocycles. The largest absolute Gasteiger partial charge is 0.399 e. The fourth-order valence-electron chi connectivity index (χ4n) is 1.56. The highest BCUT2D eigenvalue weighted by Crippen LogP contribution is 2.24.